The molecule has 0 spiro atoms. The maximum Gasteiger partial charge on any atom is 0.125 e. The molecule has 1 heterocycles. The van der Waals surface area contributed by atoms with Gasteiger partial charge < -0.3 is 5.32 Å². The summed E-state index contributed by atoms with van der Waals surface area (Å²) in [4.78, 5) is 4.33. The molecule has 1 aromatic carbocycles. The van der Waals surface area contributed by atoms with Gasteiger partial charge in [-0.25, -0.2) is 4.39 Å². The predicted octanol–water partition coefficient (Wildman–Crippen LogP) is 3.40. The lowest BCUT2D eigenvalue weighted by Gasteiger charge is -2.06. The zero-order valence-electron chi connectivity index (χ0n) is 9.78. The Morgan fingerprint density at radius 2 is 2.12 bits per heavy atom. The summed E-state index contributed by atoms with van der Waals surface area (Å²) in [6.07, 6.45) is 2.87. The second-order valence-corrected chi connectivity index (χ2v) is 3.88. The summed E-state index contributed by atoms with van der Waals surface area (Å²) < 4.78 is 12.9. The Hall–Kier alpha value is -1.90. The van der Waals surface area contributed by atoms with Crippen LogP contribution < -0.4 is 5.32 Å². The molecule has 0 aliphatic rings. The van der Waals surface area contributed by atoms with E-state index in [9.17, 15) is 4.39 Å². The van der Waals surface area contributed by atoms with E-state index in [1.54, 1.807) is 6.07 Å². The third kappa shape index (κ3) is 3.28. The lowest BCUT2D eigenvalue weighted by atomic mass is 10.2. The Morgan fingerprint density at radius 1 is 1.24 bits per heavy atom. The number of aryl methyl sites for hydroxylation is 1. The number of benzene rings is 1. The van der Waals surface area contributed by atoms with Crippen molar-refractivity contribution in [2.45, 2.75) is 19.9 Å². The Bertz CT molecular complexity index is 480. The summed E-state index contributed by atoms with van der Waals surface area (Å²) in [5.41, 5.74) is 2.94. The van der Waals surface area contributed by atoms with Crippen LogP contribution in [0.3, 0.4) is 0 Å². The molecular weight excluding hydrogens is 215 g/mol. The molecule has 1 aromatic heterocycles. The molecule has 0 fully saturated rings. The van der Waals surface area contributed by atoms with Gasteiger partial charge in [-0.15, -0.1) is 0 Å². The summed E-state index contributed by atoms with van der Waals surface area (Å²) in [5, 5.41) is 3.14. The molecule has 0 radical (unpaired) electrons. The summed E-state index contributed by atoms with van der Waals surface area (Å²) in [6, 6.07) is 10.5. The van der Waals surface area contributed by atoms with E-state index >= 15 is 0 Å². The molecule has 1 N–H and O–H groups in total. The molecule has 88 valence electrons. The maximum absolute atomic E-state index is 12.9. The van der Waals surface area contributed by atoms with Gasteiger partial charge in [-0.2, -0.15) is 0 Å². The van der Waals surface area contributed by atoms with Gasteiger partial charge in [-0.1, -0.05) is 19.1 Å². The average Bonchev–Trinajstić information content (AvgIpc) is 2.37. The highest BCUT2D eigenvalue weighted by Gasteiger charge is 1.97. The van der Waals surface area contributed by atoms with Crippen LogP contribution >= 0.6 is 0 Å². The van der Waals surface area contributed by atoms with E-state index in [1.807, 2.05) is 18.3 Å². The van der Waals surface area contributed by atoms with Gasteiger partial charge in [0.15, 0.2) is 0 Å². The first-order valence-electron chi connectivity index (χ1n) is 5.71. The van der Waals surface area contributed by atoms with Gasteiger partial charge in [-0.3, -0.25) is 4.98 Å². The molecular formula is C14H15FN2. The zero-order chi connectivity index (χ0) is 12.1. The highest BCUT2D eigenvalue weighted by molar-refractivity contribution is 5.43. The molecule has 0 amide bonds. The molecule has 2 aromatic rings. The van der Waals surface area contributed by atoms with Crippen LogP contribution in [0.4, 0.5) is 10.1 Å². The fourth-order valence-electron chi connectivity index (χ4n) is 1.56. The zero-order valence-corrected chi connectivity index (χ0v) is 9.78. The number of pyridine rings is 1. The van der Waals surface area contributed by atoms with E-state index in [0.29, 0.717) is 6.54 Å². The Labute approximate surface area is 101 Å². The highest BCUT2D eigenvalue weighted by Crippen LogP contribution is 2.10. The third-order valence-corrected chi connectivity index (χ3v) is 2.59. The molecule has 0 saturated carbocycles. The standard InChI is InChI=1S/C14H15FN2/c1-2-11-6-7-14(16-9-11)10-17-13-5-3-4-12(15)8-13/h3-9,17H,2,10H2,1H3. The predicted molar refractivity (Wildman–Crippen MR) is 67.3 cm³/mol. The highest BCUT2D eigenvalue weighted by atomic mass is 19.1. The van der Waals surface area contributed by atoms with Crippen LogP contribution in [0, 0.1) is 5.82 Å². The van der Waals surface area contributed by atoms with Crippen molar-refractivity contribution >= 4 is 5.69 Å². The van der Waals surface area contributed by atoms with Crippen LogP contribution in [0.25, 0.3) is 0 Å². The molecule has 0 bridgehead atoms. The van der Waals surface area contributed by atoms with Crippen molar-refractivity contribution in [2.75, 3.05) is 5.32 Å². The van der Waals surface area contributed by atoms with Crippen LogP contribution in [-0.2, 0) is 13.0 Å². The van der Waals surface area contributed by atoms with Gasteiger partial charge in [0.05, 0.1) is 12.2 Å². The number of nitrogens with zero attached hydrogens (tertiary/aromatic N) is 1. The Balaban J connectivity index is 1.97. The lowest BCUT2D eigenvalue weighted by molar-refractivity contribution is 0.628. The van der Waals surface area contributed by atoms with E-state index in [-0.39, 0.29) is 5.82 Å². The van der Waals surface area contributed by atoms with Gasteiger partial charge in [-0.05, 0) is 36.2 Å². The normalized spacial score (nSPS) is 10.2. The maximum atomic E-state index is 12.9. The molecule has 0 unspecified atom stereocenters. The molecule has 0 aliphatic heterocycles. The average molecular weight is 230 g/mol. The van der Waals surface area contributed by atoms with Crippen molar-refractivity contribution in [3.8, 4) is 0 Å². The first-order valence-corrected chi connectivity index (χ1v) is 5.71. The van der Waals surface area contributed by atoms with Crippen molar-refractivity contribution in [3.05, 3.63) is 59.7 Å². The van der Waals surface area contributed by atoms with Gasteiger partial charge in [0.2, 0.25) is 0 Å². The minimum atomic E-state index is -0.232. The fraction of sp³-hybridized carbons (Fsp3) is 0.214. The first kappa shape index (κ1) is 11.6. The molecule has 3 heteroatoms. The summed E-state index contributed by atoms with van der Waals surface area (Å²) in [7, 11) is 0. The van der Waals surface area contributed by atoms with Crippen LogP contribution in [-0.4, -0.2) is 4.98 Å². The SMILES string of the molecule is CCc1ccc(CNc2cccc(F)c2)nc1. The van der Waals surface area contributed by atoms with E-state index in [0.717, 1.165) is 17.8 Å². The Kier molecular flexibility index (Phi) is 3.70. The number of rotatable bonds is 4. The smallest absolute Gasteiger partial charge is 0.125 e. The number of halogens is 1. The van der Waals surface area contributed by atoms with E-state index in [2.05, 4.69) is 23.3 Å². The third-order valence-electron chi connectivity index (χ3n) is 2.59. The summed E-state index contributed by atoms with van der Waals surface area (Å²) >= 11 is 0. The van der Waals surface area contributed by atoms with Crippen molar-refractivity contribution in [2.24, 2.45) is 0 Å². The second-order valence-electron chi connectivity index (χ2n) is 3.88. The lowest BCUT2D eigenvalue weighted by Crippen LogP contribution is -2.01. The van der Waals surface area contributed by atoms with Crippen molar-refractivity contribution in [1.29, 1.82) is 0 Å². The van der Waals surface area contributed by atoms with Crippen LogP contribution in [0.2, 0.25) is 0 Å². The van der Waals surface area contributed by atoms with Gasteiger partial charge >= 0.3 is 0 Å². The molecule has 17 heavy (non-hydrogen) atoms. The van der Waals surface area contributed by atoms with Crippen molar-refractivity contribution in [3.63, 3.8) is 0 Å². The quantitative estimate of drug-likeness (QED) is 0.870. The van der Waals surface area contributed by atoms with Gasteiger partial charge in [0.25, 0.3) is 0 Å². The van der Waals surface area contributed by atoms with E-state index < -0.39 is 0 Å². The first-order chi connectivity index (χ1) is 8.28. The number of hydrogen-bond acceptors (Lipinski definition) is 2. The van der Waals surface area contributed by atoms with E-state index in [1.165, 1.54) is 17.7 Å². The Morgan fingerprint density at radius 3 is 2.76 bits per heavy atom. The van der Waals surface area contributed by atoms with Crippen LogP contribution in [0.15, 0.2) is 42.6 Å². The molecule has 0 aliphatic carbocycles. The number of nitrogens with one attached hydrogen (secondary N) is 1. The van der Waals surface area contributed by atoms with Crippen molar-refractivity contribution < 1.29 is 4.39 Å². The monoisotopic (exact) mass is 230 g/mol. The molecule has 0 atom stereocenters. The summed E-state index contributed by atoms with van der Waals surface area (Å²) in [5.74, 6) is -0.232. The van der Waals surface area contributed by atoms with E-state index in [4.69, 9.17) is 0 Å². The van der Waals surface area contributed by atoms with Crippen molar-refractivity contribution in [1.82, 2.24) is 4.98 Å². The van der Waals surface area contributed by atoms with Gasteiger partial charge in [0.1, 0.15) is 5.82 Å². The minimum absolute atomic E-state index is 0.232. The number of hydrogen-bond donors (Lipinski definition) is 1. The number of aromatic nitrogens is 1. The molecule has 2 nitrogen and oxygen atoms in total. The fourth-order valence-corrected chi connectivity index (χ4v) is 1.56. The summed E-state index contributed by atoms with van der Waals surface area (Å²) in [6.45, 7) is 2.70. The van der Waals surface area contributed by atoms with Crippen LogP contribution in [0.5, 0.6) is 0 Å². The topological polar surface area (TPSA) is 24.9 Å². The van der Waals surface area contributed by atoms with Crippen LogP contribution in [0.1, 0.15) is 18.2 Å². The molecule has 0 saturated heterocycles. The molecule has 2 rings (SSSR count). The second kappa shape index (κ2) is 5.43. The minimum Gasteiger partial charge on any atom is -0.379 e. The largest absolute Gasteiger partial charge is 0.379 e. The number of anilines is 1. The van der Waals surface area contributed by atoms with Gasteiger partial charge in [0, 0.05) is 11.9 Å².